The van der Waals surface area contributed by atoms with E-state index in [1.807, 2.05) is 37.3 Å². The summed E-state index contributed by atoms with van der Waals surface area (Å²) in [6.45, 7) is 2.81. The van der Waals surface area contributed by atoms with Crippen LogP contribution in [-0.4, -0.2) is 16.5 Å². The molecule has 3 aromatic rings. The van der Waals surface area contributed by atoms with Gasteiger partial charge in [0.25, 0.3) is 0 Å². The molecule has 0 amide bonds. The van der Waals surface area contributed by atoms with Gasteiger partial charge in [0.1, 0.15) is 5.82 Å². The molecule has 2 heterocycles. The molecule has 3 nitrogen and oxygen atoms in total. The molecular formula is C14H11Cl2N3S. The molecule has 0 saturated carbocycles. The average molecular weight is 324 g/mol. The molecule has 0 aliphatic carbocycles. The lowest BCUT2D eigenvalue weighted by molar-refractivity contribution is 1.15. The van der Waals surface area contributed by atoms with Crippen molar-refractivity contribution in [3.8, 4) is 10.7 Å². The number of nitrogens with one attached hydrogen (secondary N) is 1. The Morgan fingerprint density at radius 1 is 1.15 bits per heavy atom. The quantitative estimate of drug-likeness (QED) is 0.728. The first-order valence-corrected chi connectivity index (χ1v) is 7.71. The normalized spacial score (nSPS) is 10.9. The van der Waals surface area contributed by atoms with Crippen molar-refractivity contribution in [3.63, 3.8) is 0 Å². The SMILES string of the molecule is CCNc1nc(-c2ccc(Cl)s2)nc2ccc(Cl)cc12. The Morgan fingerprint density at radius 2 is 2.00 bits per heavy atom. The summed E-state index contributed by atoms with van der Waals surface area (Å²) in [4.78, 5) is 10.1. The number of anilines is 1. The van der Waals surface area contributed by atoms with Crippen LogP contribution in [0.5, 0.6) is 0 Å². The van der Waals surface area contributed by atoms with Crippen LogP contribution in [0, 0.1) is 0 Å². The summed E-state index contributed by atoms with van der Waals surface area (Å²) in [6.07, 6.45) is 0. The van der Waals surface area contributed by atoms with E-state index >= 15 is 0 Å². The van der Waals surface area contributed by atoms with Gasteiger partial charge in [-0.3, -0.25) is 0 Å². The number of rotatable bonds is 3. The Balaban J connectivity index is 2.22. The lowest BCUT2D eigenvalue weighted by Crippen LogP contribution is -2.02. The van der Waals surface area contributed by atoms with E-state index in [0.717, 1.165) is 32.5 Å². The molecule has 20 heavy (non-hydrogen) atoms. The molecule has 0 radical (unpaired) electrons. The van der Waals surface area contributed by atoms with Crippen molar-refractivity contribution < 1.29 is 0 Å². The number of nitrogens with zero attached hydrogens (tertiary/aromatic N) is 2. The van der Waals surface area contributed by atoms with Crippen molar-refractivity contribution in [1.29, 1.82) is 0 Å². The maximum absolute atomic E-state index is 6.05. The molecule has 1 aromatic carbocycles. The van der Waals surface area contributed by atoms with Crippen molar-refractivity contribution in [2.45, 2.75) is 6.92 Å². The highest BCUT2D eigenvalue weighted by molar-refractivity contribution is 7.19. The highest BCUT2D eigenvalue weighted by Crippen LogP contribution is 2.32. The summed E-state index contributed by atoms with van der Waals surface area (Å²) in [7, 11) is 0. The number of aromatic nitrogens is 2. The van der Waals surface area contributed by atoms with Crippen LogP contribution in [0.15, 0.2) is 30.3 Å². The van der Waals surface area contributed by atoms with Gasteiger partial charge in [-0.2, -0.15) is 0 Å². The molecule has 6 heteroatoms. The molecule has 0 unspecified atom stereocenters. The summed E-state index contributed by atoms with van der Waals surface area (Å²) in [5.41, 5.74) is 0.861. The fraction of sp³-hybridized carbons (Fsp3) is 0.143. The van der Waals surface area contributed by atoms with Crippen molar-refractivity contribution in [3.05, 3.63) is 39.7 Å². The van der Waals surface area contributed by atoms with Gasteiger partial charge in [0.2, 0.25) is 0 Å². The predicted octanol–water partition coefficient (Wildman–Crippen LogP) is 5.10. The van der Waals surface area contributed by atoms with Crippen LogP contribution in [0.3, 0.4) is 0 Å². The van der Waals surface area contributed by atoms with Crippen LogP contribution in [0.1, 0.15) is 6.92 Å². The van der Waals surface area contributed by atoms with E-state index in [9.17, 15) is 0 Å². The Labute approximate surface area is 130 Å². The third kappa shape index (κ3) is 2.59. The summed E-state index contributed by atoms with van der Waals surface area (Å²) >= 11 is 13.5. The van der Waals surface area contributed by atoms with Gasteiger partial charge in [0.15, 0.2) is 5.82 Å². The fourth-order valence-corrected chi connectivity index (χ4v) is 3.10. The average Bonchev–Trinajstić information content (AvgIpc) is 2.86. The third-order valence-corrected chi connectivity index (χ3v) is 4.26. The number of fused-ring (bicyclic) bond motifs is 1. The second-order valence-corrected chi connectivity index (χ2v) is 6.34. The number of halogens is 2. The van der Waals surface area contributed by atoms with Gasteiger partial charge >= 0.3 is 0 Å². The number of thiophene rings is 1. The van der Waals surface area contributed by atoms with E-state index < -0.39 is 0 Å². The molecule has 3 rings (SSSR count). The van der Waals surface area contributed by atoms with E-state index in [4.69, 9.17) is 23.2 Å². The van der Waals surface area contributed by atoms with E-state index in [0.29, 0.717) is 10.8 Å². The van der Waals surface area contributed by atoms with E-state index in [-0.39, 0.29) is 0 Å². The molecule has 1 N–H and O–H groups in total. The first-order valence-electron chi connectivity index (χ1n) is 6.14. The fourth-order valence-electron chi connectivity index (χ4n) is 1.95. The lowest BCUT2D eigenvalue weighted by Gasteiger charge is -2.09. The van der Waals surface area contributed by atoms with Crippen LogP contribution in [0.4, 0.5) is 5.82 Å². The van der Waals surface area contributed by atoms with E-state index in [1.165, 1.54) is 11.3 Å². The minimum absolute atomic E-state index is 0.673. The molecular weight excluding hydrogens is 313 g/mol. The van der Waals surface area contributed by atoms with Gasteiger partial charge in [-0.1, -0.05) is 23.2 Å². The Morgan fingerprint density at radius 3 is 2.70 bits per heavy atom. The van der Waals surface area contributed by atoms with E-state index in [2.05, 4.69) is 15.3 Å². The molecule has 0 aliphatic heterocycles. The van der Waals surface area contributed by atoms with Gasteiger partial charge in [0, 0.05) is 17.0 Å². The van der Waals surface area contributed by atoms with Crippen LogP contribution < -0.4 is 5.32 Å². The minimum atomic E-state index is 0.673. The topological polar surface area (TPSA) is 37.8 Å². The maximum atomic E-state index is 6.05. The highest BCUT2D eigenvalue weighted by atomic mass is 35.5. The zero-order valence-electron chi connectivity index (χ0n) is 10.7. The van der Waals surface area contributed by atoms with Crippen molar-refractivity contribution >= 4 is 51.3 Å². The van der Waals surface area contributed by atoms with Crippen LogP contribution >= 0.6 is 34.5 Å². The smallest absolute Gasteiger partial charge is 0.172 e. The number of hydrogen-bond donors (Lipinski definition) is 1. The number of hydrogen-bond acceptors (Lipinski definition) is 4. The monoisotopic (exact) mass is 323 g/mol. The largest absolute Gasteiger partial charge is 0.370 e. The Bertz CT molecular complexity index is 770. The highest BCUT2D eigenvalue weighted by Gasteiger charge is 2.11. The first kappa shape index (κ1) is 13.6. The molecule has 0 spiro atoms. The summed E-state index contributed by atoms with van der Waals surface area (Å²) in [6, 6.07) is 9.39. The maximum Gasteiger partial charge on any atom is 0.172 e. The molecule has 0 saturated heterocycles. The predicted molar refractivity (Wildman–Crippen MR) is 87.0 cm³/mol. The van der Waals surface area contributed by atoms with Gasteiger partial charge < -0.3 is 5.32 Å². The van der Waals surface area contributed by atoms with Crippen LogP contribution in [-0.2, 0) is 0 Å². The summed E-state index contributed by atoms with van der Waals surface area (Å²) in [5, 5.41) is 4.85. The standard InChI is InChI=1S/C14H11Cl2N3S/c1-2-17-13-9-7-8(15)3-4-10(9)18-14(19-13)11-5-6-12(16)20-11/h3-7H,2H2,1H3,(H,17,18,19). The van der Waals surface area contributed by atoms with Gasteiger partial charge in [-0.25, -0.2) is 9.97 Å². The summed E-state index contributed by atoms with van der Waals surface area (Å²) in [5.74, 6) is 1.46. The molecule has 102 valence electrons. The third-order valence-electron chi connectivity index (χ3n) is 2.80. The van der Waals surface area contributed by atoms with E-state index in [1.54, 1.807) is 0 Å². The van der Waals surface area contributed by atoms with Crippen LogP contribution in [0.25, 0.3) is 21.6 Å². The second-order valence-electron chi connectivity index (χ2n) is 4.19. The molecule has 0 aliphatic rings. The van der Waals surface area contributed by atoms with Crippen molar-refractivity contribution in [2.75, 3.05) is 11.9 Å². The minimum Gasteiger partial charge on any atom is -0.370 e. The zero-order valence-corrected chi connectivity index (χ0v) is 13.0. The zero-order chi connectivity index (χ0) is 14.1. The molecule has 2 aromatic heterocycles. The number of benzene rings is 1. The Kier molecular flexibility index (Phi) is 3.78. The first-order chi connectivity index (χ1) is 9.67. The van der Waals surface area contributed by atoms with Crippen LogP contribution in [0.2, 0.25) is 9.36 Å². The van der Waals surface area contributed by atoms with Gasteiger partial charge in [-0.05, 0) is 37.3 Å². The van der Waals surface area contributed by atoms with Crippen molar-refractivity contribution in [1.82, 2.24) is 9.97 Å². The van der Waals surface area contributed by atoms with Gasteiger partial charge in [0.05, 0.1) is 14.7 Å². The summed E-state index contributed by atoms with van der Waals surface area (Å²) < 4.78 is 0.727. The molecule has 0 bridgehead atoms. The molecule has 0 atom stereocenters. The van der Waals surface area contributed by atoms with Gasteiger partial charge in [-0.15, -0.1) is 11.3 Å². The lowest BCUT2D eigenvalue weighted by atomic mass is 10.2. The van der Waals surface area contributed by atoms with Crippen molar-refractivity contribution in [2.24, 2.45) is 0 Å². The molecule has 0 fully saturated rings. The second kappa shape index (κ2) is 5.56. The Hall–Kier alpha value is -1.36.